The first-order valence-electron chi connectivity index (χ1n) is 2.73. The van der Waals surface area contributed by atoms with E-state index in [2.05, 4.69) is 0 Å². The van der Waals surface area contributed by atoms with Gasteiger partial charge < -0.3 is 25.2 Å². The fourth-order valence-corrected chi connectivity index (χ4v) is 0.416. The van der Waals surface area contributed by atoms with E-state index in [4.69, 9.17) is 20.4 Å². The third kappa shape index (κ3) is 4.02. The van der Waals surface area contributed by atoms with Crippen LogP contribution in [-0.2, 0) is 4.79 Å². The minimum absolute atomic E-state index is 0. The lowest BCUT2D eigenvalue weighted by molar-refractivity contribution is -0.127. The number of carbonyl (C=O) groups excluding carboxylic acids is 1. The fraction of sp³-hybridized carbons (Fsp3) is 0.800. The van der Waals surface area contributed by atoms with Gasteiger partial charge in [-0.05, 0) is 0 Å². The van der Waals surface area contributed by atoms with Crippen molar-refractivity contribution in [1.82, 2.24) is 0 Å². The molecule has 0 fully saturated rings. The molecular weight excluding hydrogens is 156 g/mol. The van der Waals surface area contributed by atoms with Crippen molar-refractivity contribution in [2.75, 3.05) is 6.61 Å². The second-order valence-electron chi connectivity index (χ2n) is 1.87. The molecule has 6 heteroatoms. The number of aldehydes is 1. The largest absolute Gasteiger partial charge is 0.394 e. The number of rotatable bonds is 4. The molecule has 0 aromatic carbocycles. The predicted molar refractivity (Wildman–Crippen MR) is 33.1 cm³/mol. The summed E-state index contributed by atoms with van der Waals surface area (Å²) in [6, 6.07) is 0. The van der Waals surface area contributed by atoms with Gasteiger partial charge in [0.05, 0.1) is 6.61 Å². The van der Waals surface area contributed by atoms with Crippen LogP contribution in [0.15, 0.2) is 0 Å². The number of hydrogen-bond donors (Lipinski definition) is 5. The van der Waals surface area contributed by atoms with E-state index in [0.717, 1.165) is 0 Å². The van der Waals surface area contributed by atoms with Gasteiger partial charge in [-0.3, -0.25) is 5.48 Å². The highest BCUT2D eigenvalue weighted by Gasteiger charge is 2.22. The van der Waals surface area contributed by atoms with Crippen LogP contribution >= 0.6 is 0 Å². The maximum Gasteiger partial charge on any atom is 0.151 e. The minimum atomic E-state index is -1.64. The third-order valence-electron chi connectivity index (χ3n) is 1.07. The summed E-state index contributed by atoms with van der Waals surface area (Å²) in [5.41, 5.74) is 0. The number of carbonyl (C=O) groups is 1. The van der Waals surface area contributed by atoms with E-state index < -0.39 is 24.9 Å². The first-order chi connectivity index (χ1) is 4.63. The monoisotopic (exact) mass is 167 g/mol. The maximum atomic E-state index is 9.76. The molecule has 0 aromatic rings. The van der Waals surface area contributed by atoms with Crippen LogP contribution in [0.2, 0.25) is 0 Å². The molecule has 67 valence electrons. The van der Waals surface area contributed by atoms with Crippen LogP contribution in [0.5, 0.6) is 0 Å². The topological polar surface area (TPSA) is 128 Å². The summed E-state index contributed by atoms with van der Waals surface area (Å²) in [7, 11) is 0. The van der Waals surface area contributed by atoms with Crippen molar-refractivity contribution in [3.63, 3.8) is 0 Å². The van der Waals surface area contributed by atoms with Crippen LogP contribution in [0, 0.1) is 0 Å². The van der Waals surface area contributed by atoms with Gasteiger partial charge in [-0.25, -0.2) is 0 Å². The molecule has 0 amide bonds. The van der Waals surface area contributed by atoms with E-state index in [0.29, 0.717) is 0 Å². The van der Waals surface area contributed by atoms with Crippen LogP contribution in [0.25, 0.3) is 0 Å². The first-order valence-corrected chi connectivity index (χ1v) is 2.73. The molecule has 0 saturated heterocycles. The quantitative estimate of drug-likeness (QED) is 0.286. The molecule has 11 heavy (non-hydrogen) atoms. The van der Waals surface area contributed by atoms with Crippen molar-refractivity contribution in [2.45, 2.75) is 18.3 Å². The van der Waals surface area contributed by atoms with Crippen molar-refractivity contribution in [3.8, 4) is 0 Å². The average molecular weight is 167 g/mol. The smallest absolute Gasteiger partial charge is 0.151 e. The molecule has 3 atom stereocenters. The van der Waals surface area contributed by atoms with Crippen LogP contribution < -0.4 is 0 Å². The lowest BCUT2D eigenvalue weighted by atomic mass is 10.1. The lowest BCUT2D eigenvalue weighted by Gasteiger charge is -2.16. The zero-order valence-electron chi connectivity index (χ0n) is 5.66. The van der Waals surface area contributed by atoms with Crippen molar-refractivity contribution < 1.29 is 30.7 Å². The Balaban J connectivity index is 0. The highest BCUT2D eigenvalue weighted by Crippen LogP contribution is 1.96. The number of aliphatic hydroxyl groups is 4. The van der Waals surface area contributed by atoms with Crippen LogP contribution in [-0.4, -0.2) is 57.1 Å². The Labute approximate surface area is 63.0 Å². The molecule has 0 aromatic heterocycles. The second-order valence-corrected chi connectivity index (χ2v) is 1.87. The molecule has 6 nitrogen and oxygen atoms in total. The highest BCUT2D eigenvalue weighted by atomic mass is 16.4. The summed E-state index contributed by atoms with van der Waals surface area (Å²) in [6.07, 6.45) is -4.63. The molecular formula is C5H11O6. The molecule has 0 aliphatic rings. The Morgan fingerprint density at radius 3 is 2.00 bits per heavy atom. The summed E-state index contributed by atoms with van der Waals surface area (Å²) in [6.45, 7) is -0.688. The van der Waals surface area contributed by atoms with E-state index >= 15 is 0 Å². The Hall–Kier alpha value is -0.530. The normalized spacial score (nSPS) is 17.8. The third-order valence-corrected chi connectivity index (χ3v) is 1.07. The standard InChI is InChI=1S/C5H10O5.HO/c6-1-3(8)5(10)4(9)2-7;/h1,3-5,7-10H,2H2;1H/t3-,4+,5-;/m0./s1. The van der Waals surface area contributed by atoms with Gasteiger partial charge in [-0.1, -0.05) is 0 Å². The highest BCUT2D eigenvalue weighted by molar-refractivity contribution is 5.56. The molecule has 0 spiro atoms. The fourth-order valence-electron chi connectivity index (χ4n) is 0.416. The van der Waals surface area contributed by atoms with Crippen molar-refractivity contribution >= 4 is 6.29 Å². The first kappa shape index (κ1) is 13.1. The molecule has 0 saturated carbocycles. The van der Waals surface area contributed by atoms with E-state index in [1.165, 1.54) is 0 Å². The SMILES string of the molecule is O=C[C@H](O)[C@H](O)[C@H](O)CO.[OH]. The minimum Gasteiger partial charge on any atom is -0.394 e. The number of aliphatic hydroxyl groups excluding tert-OH is 4. The van der Waals surface area contributed by atoms with E-state index in [1.807, 2.05) is 0 Å². The molecule has 1 radical (unpaired) electrons. The van der Waals surface area contributed by atoms with Gasteiger partial charge in [-0.2, -0.15) is 0 Å². The summed E-state index contributed by atoms with van der Waals surface area (Å²) in [5, 5.41) is 34.1. The van der Waals surface area contributed by atoms with Gasteiger partial charge in [-0.15, -0.1) is 0 Å². The predicted octanol–water partition coefficient (Wildman–Crippen LogP) is -2.92. The maximum absolute atomic E-state index is 9.76. The lowest BCUT2D eigenvalue weighted by Crippen LogP contribution is -2.40. The average Bonchev–Trinajstić information content (AvgIpc) is 2.00. The van der Waals surface area contributed by atoms with Crippen LogP contribution in [0.3, 0.4) is 0 Å². The van der Waals surface area contributed by atoms with E-state index in [1.54, 1.807) is 0 Å². The van der Waals surface area contributed by atoms with Gasteiger partial charge in [0.25, 0.3) is 0 Å². The molecule has 0 bridgehead atoms. The Morgan fingerprint density at radius 2 is 1.73 bits per heavy atom. The van der Waals surface area contributed by atoms with Gasteiger partial charge in [0.1, 0.15) is 18.3 Å². The van der Waals surface area contributed by atoms with Gasteiger partial charge in [0.2, 0.25) is 0 Å². The van der Waals surface area contributed by atoms with Gasteiger partial charge in [0, 0.05) is 0 Å². The second kappa shape index (κ2) is 6.20. The summed E-state index contributed by atoms with van der Waals surface area (Å²) < 4.78 is 0. The van der Waals surface area contributed by atoms with Gasteiger partial charge >= 0.3 is 0 Å². The van der Waals surface area contributed by atoms with Crippen LogP contribution in [0.1, 0.15) is 0 Å². The van der Waals surface area contributed by atoms with E-state index in [9.17, 15) is 4.79 Å². The van der Waals surface area contributed by atoms with Crippen molar-refractivity contribution in [2.24, 2.45) is 0 Å². The summed E-state index contributed by atoms with van der Waals surface area (Å²) >= 11 is 0. The Kier molecular flexibility index (Phi) is 7.37. The summed E-state index contributed by atoms with van der Waals surface area (Å²) in [4.78, 5) is 9.76. The number of hydrogen-bond acceptors (Lipinski definition) is 5. The zero-order valence-corrected chi connectivity index (χ0v) is 5.66. The zero-order chi connectivity index (χ0) is 8.15. The molecule has 0 heterocycles. The molecule has 0 rings (SSSR count). The Morgan fingerprint density at radius 1 is 1.27 bits per heavy atom. The molecule has 0 unspecified atom stereocenters. The molecule has 5 N–H and O–H groups in total. The van der Waals surface area contributed by atoms with Gasteiger partial charge in [0.15, 0.2) is 6.29 Å². The molecule has 0 aliphatic carbocycles. The molecule has 0 aliphatic heterocycles. The van der Waals surface area contributed by atoms with Crippen LogP contribution in [0.4, 0.5) is 0 Å². The van der Waals surface area contributed by atoms with Crippen molar-refractivity contribution in [3.05, 3.63) is 0 Å². The summed E-state index contributed by atoms with van der Waals surface area (Å²) in [5.74, 6) is 0. The van der Waals surface area contributed by atoms with Crippen molar-refractivity contribution in [1.29, 1.82) is 0 Å². The van der Waals surface area contributed by atoms with E-state index in [-0.39, 0.29) is 11.8 Å². The Bertz CT molecular complexity index is 105.